The Hall–Kier alpha value is -1.71. The second kappa shape index (κ2) is 7.58. The maximum Gasteiger partial charge on any atom is 0.224 e. The van der Waals surface area contributed by atoms with Crippen LogP contribution in [-0.4, -0.2) is 20.1 Å². The Kier molecular flexibility index (Phi) is 6.05. The van der Waals surface area contributed by atoms with Crippen LogP contribution in [0.15, 0.2) is 18.2 Å². The highest BCUT2D eigenvalue weighted by Crippen LogP contribution is 2.25. The summed E-state index contributed by atoms with van der Waals surface area (Å²) >= 11 is 0. The minimum absolute atomic E-state index is 0.0266. The van der Waals surface area contributed by atoms with Gasteiger partial charge in [0.15, 0.2) is 0 Å². The van der Waals surface area contributed by atoms with Gasteiger partial charge in [0.25, 0.3) is 0 Å². The smallest absolute Gasteiger partial charge is 0.224 e. The molecule has 0 atom stereocenters. The summed E-state index contributed by atoms with van der Waals surface area (Å²) in [5.74, 6) is 1.36. The minimum Gasteiger partial charge on any atom is -0.497 e. The second-order valence-corrected chi connectivity index (χ2v) is 4.11. The first-order chi connectivity index (χ1) is 8.69. The summed E-state index contributed by atoms with van der Waals surface area (Å²) in [6, 6.07) is 5.33. The molecule has 0 saturated heterocycles. The summed E-state index contributed by atoms with van der Waals surface area (Å²) in [6.07, 6.45) is 3.66. The predicted octanol–water partition coefficient (Wildman–Crippen LogP) is 3.22. The molecule has 0 aliphatic heterocycles. The SMILES string of the molecule is CCCCCC(=O)Nc1cc(OC)cc(OC)c1. The van der Waals surface area contributed by atoms with Crippen LogP contribution in [0.4, 0.5) is 5.69 Å². The third kappa shape index (κ3) is 4.65. The molecule has 1 N–H and O–H groups in total. The van der Waals surface area contributed by atoms with Crippen molar-refractivity contribution < 1.29 is 14.3 Å². The number of anilines is 1. The standard InChI is InChI=1S/C14H21NO3/c1-4-5-6-7-14(16)15-11-8-12(17-2)10-13(9-11)18-3/h8-10H,4-7H2,1-3H3,(H,15,16). The van der Waals surface area contributed by atoms with E-state index in [2.05, 4.69) is 12.2 Å². The molecule has 1 aromatic rings. The maximum absolute atomic E-state index is 11.7. The first kappa shape index (κ1) is 14.4. The molecule has 0 aliphatic rings. The number of carbonyl (C=O) groups is 1. The van der Waals surface area contributed by atoms with E-state index in [1.54, 1.807) is 32.4 Å². The average Bonchev–Trinajstić information content (AvgIpc) is 2.38. The summed E-state index contributed by atoms with van der Waals surface area (Å²) in [4.78, 5) is 11.7. The number of amides is 1. The molecule has 1 amide bonds. The number of rotatable bonds is 7. The summed E-state index contributed by atoms with van der Waals surface area (Å²) < 4.78 is 10.3. The van der Waals surface area contributed by atoms with E-state index in [1.807, 2.05) is 0 Å². The zero-order valence-electron chi connectivity index (χ0n) is 11.3. The van der Waals surface area contributed by atoms with Crippen molar-refractivity contribution in [1.29, 1.82) is 0 Å². The number of carbonyl (C=O) groups excluding carboxylic acids is 1. The van der Waals surface area contributed by atoms with Gasteiger partial charge in [-0.2, -0.15) is 0 Å². The largest absolute Gasteiger partial charge is 0.497 e. The van der Waals surface area contributed by atoms with Crippen LogP contribution < -0.4 is 14.8 Å². The molecule has 18 heavy (non-hydrogen) atoms. The Bertz CT molecular complexity index is 368. The monoisotopic (exact) mass is 251 g/mol. The van der Waals surface area contributed by atoms with Gasteiger partial charge in [-0.25, -0.2) is 0 Å². The molecule has 1 rings (SSSR count). The third-order valence-corrected chi connectivity index (χ3v) is 2.64. The van der Waals surface area contributed by atoms with E-state index >= 15 is 0 Å². The molecule has 100 valence electrons. The first-order valence-electron chi connectivity index (χ1n) is 6.22. The van der Waals surface area contributed by atoms with Crippen molar-refractivity contribution in [2.24, 2.45) is 0 Å². The van der Waals surface area contributed by atoms with Gasteiger partial charge in [-0.1, -0.05) is 19.8 Å². The topological polar surface area (TPSA) is 47.6 Å². The number of hydrogen-bond acceptors (Lipinski definition) is 3. The van der Waals surface area contributed by atoms with Crippen molar-refractivity contribution in [2.75, 3.05) is 19.5 Å². The number of methoxy groups -OCH3 is 2. The fourth-order valence-corrected chi connectivity index (χ4v) is 1.64. The van der Waals surface area contributed by atoms with E-state index in [0.29, 0.717) is 23.6 Å². The lowest BCUT2D eigenvalue weighted by molar-refractivity contribution is -0.116. The zero-order chi connectivity index (χ0) is 13.4. The van der Waals surface area contributed by atoms with E-state index in [4.69, 9.17) is 9.47 Å². The molecular weight excluding hydrogens is 230 g/mol. The molecule has 0 aliphatic carbocycles. The number of ether oxygens (including phenoxy) is 2. The summed E-state index contributed by atoms with van der Waals surface area (Å²) in [6.45, 7) is 2.12. The Balaban J connectivity index is 2.62. The fraction of sp³-hybridized carbons (Fsp3) is 0.500. The lowest BCUT2D eigenvalue weighted by atomic mass is 10.2. The number of hydrogen-bond donors (Lipinski definition) is 1. The quantitative estimate of drug-likeness (QED) is 0.757. The number of unbranched alkanes of at least 4 members (excludes halogenated alkanes) is 2. The van der Waals surface area contributed by atoms with Crippen molar-refractivity contribution in [3.8, 4) is 11.5 Å². The molecule has 0 spiro atoms. The highest BCUT2D eigenvalue weighted by molar-refractivity contribution is 5.91. The van der Waals surface area contributed by atoms with E-state index in [9.17, 15) is 4.79 Å². The van der Waals surface area contributed by atoms with Crippen LogP contribution in [0.5, 0.6) is 11.5 Å². The van der Waals surface area contributed by atoms with Crippen LogP contribution in [0.2, 0.25) is 0 Å². The van der Waals surface area contributed by atoms with Crippen molar-refractivity contribution in [3.05, 3.63) is 18.2 Å². The van der Waals surface area contributed by atoms with Gasteiger partial charge in [-0.15, -0.1) is 0 Å². The summed E-state index contributed by atoms with van der Waals surface area (Å²) in [7, 11) is 3.17. The molecule has 0 unspecified atom stereocenters. The minimum atomic E-state index is 0.0266. The van der Waals surface area contributed by atoms with Gasteiger partial charge in [-0.05, 0) is 6.42 Å². The van der Waals surface area contributed by atoms with Crippen LogP contribution in [-0.2, 0) is 4.79 Å². The van der Waals surface area contributed by atoms with Gasteiger partial charge < -0.3 is 14.8 Å². The van der Waals surface area contributed by atoms with Crippen molar-refractivity contribution >= 4 is 11.6 Å². The van der Waals surface area contributed by atoms with Gasteiger partial charge in [0, 0.05) is 30.3 Å². The van der Waals surface area contributed by atoms with E-state index in [0.717, 1.165) is 19.3 Å². The van der Waals surface area contributed by atoms with Crippen molar-refractivity contribution in [2.45, 2.75) is 32.6 Å². The van der Waals surface area contributed by atoms with E-state index < -0.39 is 0 Å². The molecular formula is C14H21NO3. The van der Waals surface area contributed by atoms with Gasteiger partial charge in [0.1, 0.15) is 11.5 Å². The van der Waals surface area contributed by atoms with Crippen molar-refractivity contribution in [3.63, 3.8) is 0 Å². The highest BCUT2D eigenvalue weighted by atomic mass is 16.5. The van der Waals surface area contributed by atoms with Crippen LogP contribution >= 0.6 is 0 Å². The molecule has 1 aromatic carbocycles. The Morgan fingerprint density at radius 3 is 2.22 bits per heavy atom. The molecule has 0 aromatic heterocycles. The maximum atomic E-state index is 11.7. The lowest BCUT2D eigenvalue weighted by Gasteiger charge is -2.09. The van der Waals surface area contributed by atoms with Crippen LogP contribution in [0.3, 0.4) is 0 Å². The molecule has 4 heteroatoms. The van der Waals surface area contributed by atoms with Crippen LogP contribution in [0, 0.1) is 0 Å². The molecule has 4 nitrogen and oxygen atoms in total. The number of nitrogens with one attached hydrogen (secondary N) is 1. The Morgan fingerprint density at radius 2 is 1.72 bits per heavy atom. The van der Waals surface area contributed by atoms with Crippen LogP contribution in [0.1, 0.15) is 32.6 Å². The van der Waals surface area contributed by atoms with Crippen LogP contribution in [0.25, 0.3) is 0 Å². The highest BCUT2D eigenvalue weighted by Gasteiger charge is 2.05. The van der Waals surface area contributed by atoms with Gasteiger partial charge in [-0.3, -0.25) is 4.79 Å². The normalized spacial score (nSPS) is 9.94. The molecule has 0 bridgehead atoms. The van der Waals surface area contributed by atoms with E-state index in [-0.39, 0.29) is 5.91 Å². The molecule has 0 fully saturated rings. The van der Waals surface area contributed by atoms with Gasteiger partial charge in [0.05, 0.1) is 14.2 Å². The second-order valence-electron chi connectivity index (χ2n) is 4.11. The Labute approximate surface area is 108 Å². The first-order valence-corrected chi connectivity index (χ1v) is 6.22. The number of benzene rings is 1. The summed E-state index contributed by atoms with van der Waals surface area (Å²) in [5, 5.41) is 2.85. The zero-order valence-corrected chi connectivity index (χ0v) is 11.3. The Morgan fingerprint density at radius 1 is 1.11 bits per heavy atom. The van der Waals surface area contributed by atoms with Gasteiger partial charge >= 0.3 is 0 Å². The summed E-state index contributed by atoms with van der Waals surface area (Å²) in [5.41, 5.74) is 0.702. The van der Waals surface area contributed by atoms with E-state index in [1.165, 1.54) is 0 Å². The third-order valence-electron chi connectivity index (χ3n) is 2.64. The molecule has 0 heterocycles. The predicted molar refractivity (Wildman–Crippen MR) is 72.3 cm³/mol. The average molecular weight is 251 g/mol. The molecule has 0 radical (unpaired) electrons. The lowest BCUT2D eigenvalue weighted by Crippen LogP contribution is -2.11. The fourth-order valence-electron chi connectivity index (χ4n) is 1.64. The van der Waals surface area contributed by atoms with Crippen molar-refractivity contribution in [1.82, 2.24) is 0 Å². The molecule has 0 saturated carbocycles. The van der Waals surface area contributed by atoms with Gasteiger partial charge in [0.2, 0.25) is 5.91 Å².